The van der Waals surface area contributed by atoms with Crippen molar-refractivity contribution in [3.05, 3.63) is 60.4 Å². The van der Waals surface area contributed by atoms with Crippen LogP contribution in [0.2, 0.25) is 0 Å². The van der Waals surface area contributed by atoms with E-state index in [9.17, 15) is 0 Å². The maximum Gasteiger partial charge on any atom is 0.230 e. The molecule has 5 rings (SSSR count). The Labute approximate surface area is 182 Å². The Hall–Kier alpha value is -3.32. The molecule has 3 heterocycles. The first-order chi connectivity index (χ1) is 15.3. The minimum Gasteiger partial charge on any atom is -0.489 e. The molecule has 3 aromatic rings. The van der Waals surface area contributed by atoms with Crippen LogP contribution >= 0.6 is 0 Å². The van der Waals surface area contributed by atoms with Crippen LogP contribution in [0.5, 0.6) is 17.2 Å². The van der Waals surface area contributed by atoms with Gasteiger partial charge in [0.05, 0.1) is 37.8 Å². The van der Waals surface area contributed by atoms with Gasteiger partial charge in [-0.05, 0) is 30.2 Å². The molecule has 1 fully saturated rings. The number of hydrogen-bond donors (Lipinski definition) is 0. The number of aromatic nitrogens is 2. The monoisotopic (exact) mass is 418 g/mol. The summed E-state index contributed by atoms with van der Waals surface area (Å²) in [6, 6.07) is 14.3. The van der Waals surface area contributed by atoms with Crippen molar-refractivity contribution in [3.63, 3.8) is 0 Å². The van der Waals surface area contributed by atoms with Gasteiger partial charge in [-0.2, -0.15) is 0 Å². The van der Waals surface area contributed by atoms with Crippen molar-refractivity contribution in [2.24, 2.45) is 0 Å². The summed E-state index contributed by atoms with van der Waals surface area (Å²) >= 11 is 0. The van der Waals surface area contributed by atoms with E-state index in [0.29, 0.717) is 24.8 Å². The number of ether oxygens (including phenoxy) is 3. The average molecular weight is 418 g/mol. The Bertz CT molecular complexity index is 1040. The van der Waals surface area contributed by atoms with Gasteiger partial charge in [-0.1, -0.05) is 25.1 Å². The van der Waals surface area contributed by atoms with Crippen molar-refractivity contribution in [2.45, 2.75) is 13.3 Å². The predicted molar refractivity (Wildman–Crippen MR) is 120 cm³/mol. The molecule has 2 aromatic carbocycles. The van der Waals surface area contributed by atoms with Gasteiger partial charge in [0.1, 0.15) is 18.1 Å². The number of hydrogen-bond acceptors (Lipinski definition) is 7. The molecule has 0 saturated carbocycles. The summed E-state index contributed by atoms with van der Waals surface area (Å²) in [5, 5.41) is 0. The zero-order valence-electron chi connectivity index (χ0n) is 17.7. The van der Waals surface area contributed by atoms with Crippen molar-refractivity contribution in [3.8, 4) is 17.2 Å². The summed E-state index contributed by atoms with van der Waals surface area (Å²) in [5.74, 6) is 2.95. The third-order valence-electron chi connectivity index (χ3n) is 5.59. The molecule has 0 amide bonds. The summed E-state index contributed by atoms with van der Waals surface area (Å²) in [6.07, 6.45) is 4.37. The largest absolute Gasteiger partial charge is 0.489 e. The van der Waals surface area contributed by atoms with E-state index in [1.807, 2.05) is 18.2 Å². The van der Waals surface area contributed by atoms with E-state index in [2.05, 4.69) is 51.0 Å². The molecule has 7 nitrogen and oxygen atoms in total. The first kappa shape index (κ1) is 19.6. The van der Waals surface area contributed by atoms with Crippen LogP contribution in [-0.4, -0.2) is 49.4 Å². The second-order valence-corrected chi connectivity index (χ2v) is 7.54. The standard InChI is InChI=1S/C24H26N4O3/c1-2-18-5-3-8-22-23(18)30-14-11-28(22)24-25-16-21(17-26-24)31-20-7-4-6-19(15-20)27-9-12-29-13-10-27/h3-8,15-17H,2,9-14H2,1H3. The Kier molecular flexibility index (Phi) is 5.58. The minimum absolute atomic E-state index is 0.610. The van der Waals surface area contributed by atoms with Gasteiger partial charge in [0.2, 0.25) is 5.95 Å². The number of rotatable bonds is 5. The number of fused-ring (bicyclic) bond motifs is 1. The second-order valence-electron chi connectivity index (χ2n) is 7.54. The summed E-state index contributed by atoms with van der Waals surface area (Å²) in [6.45, 7) is 6.75. The number of para-hydroxylation sites is 1. The molecule has 0 radical (unpaired) electrons. The van der Waals surface area contributed by atoms with E-state index in [0.717, 1.165) is 55.6 Å². The van der Waals surface area contributed by atoms with Crippen molar-refractivity contribution in [2.75, 3.05) is 49.3 Å². The van der Waals surface area contributed by atoms with Crippen LogP contribution in [0, 0.1) is 0 Å². The van der Waals surface area contributed by atoms with Gasteiger partial charge in [-0.3, -0.25) is 0 Å². The number of benzene rings is 2. The molecule has 160 valence electrons. The molecule has 1 aromatic heterocycles. The predicted octanol–water partition coefficient (Wildman–Crippen LogP) is 4.20. The third-order valence-corrected chi connectivity index (χ3v) is 5.59. The molecule has 0 atom stereocenters. The van der Waals surface area contributed by atoms with Crippen LogP contribution in [0.25, 0.3) is 0 Å². The van der Waals surface area contributed by atoms with E-state index in [4.69, 9.17) is 14.2 Å². The van der Waals surface area contributed by atoms with Crippen molar-refractivity contribution >= 4 is 17.3 Å². The van der Waals surface area contributed by atoms with E-state index in [1.165, 1.54) is 5.56 Å². The number of aryl methyl sites for hydroxylation is 1. The smallest absolute Gasteiger partial charge is 0.230 e. The molecule has 7 heteroatoms. The van der Waals surface area contributed by atoms with Gasteiger partial charge < -0.3 is 24.0 Å². The van der Waals surface area contributed by atoms with E-state index in [1.54, 1.807) is 12.4 Å². The first-order valence-corrected chi connectivity index (χ1v) is 10.8. The van der Waals surface area contributed by atoms with Crippen LogP contribution in [0.3, 0.4) is 0 Å². The van der Waals surface area contributed by atoms with Gasteiger partial charge in [-0.25, -0.2) is 9.97 Å². The summed E-state index contributed by atoms with van der Waals surface area (Å²) in [7, 11) is 0. The lowest BCUT2D eigenvalue weighted by molar-refractivity contribution is 0.122. The van der Waals surface area contributed by atoms with E-state index < -0.39 is 0 Å². The fourth-order valence-electron chi connectivity index (χ4n) is 4.00. The Balaban J connectivity index is 1.33. The highest BCUT2D eigenvalue weighted by atomic mass is 16.5. The Morgan fingerprint density at radius 1 is 0.935 bits per heavy atom. The first-order valence-electron chi connectivity index (χ1n) is 10.8. The highest BCUT2D eigenvalue weighted by molar-refractivity contribution is 5.69. The fraction of sp³-hybridized carbons (Fsp3) is 0.333. The van der Waals surface area contributed by atoms with E-state index in [-0.39, 0.29) is 0 Å². The summed E-state index contributed by atoms with van der Waals surface area (Å²) in [4.78, 5) is 13.5. The lowest BCUT2D eigenvalue weighted by atomic mass is 10.1. The zero-order chi connectivity index (χ0) is 21.0. The third kappa shape index (κ3) is 4.14. The van der Waals surface area contributed by atoms with Crippen molar-refractivity contribution in [1.82, 2.24) is 9.97 Å². The van der Waals surface area contributed by atoms with Gasteiger partial charge in [-0.15, -0.1) is 0 Å². The highest BCUT2D eigenvalue weighted by Gasteiger charge is 2.23. The molecular weight excluding hydrogens is 392 g/mol. The molecule has 0 unspecified atom stereocenters. The lowest BCUT2D eigenvalue weighted by Gasteiger charge is -2.30. The molecule has 2 aliphatic heterocycles. The van der Waals surface area contributed by atoms with Crippen LogP contribution in [0.1, 0.15) is 12.5 Å². The fourth-order valence-corrected chi connectivity index (χ4v) is 4.00. The average Bonchev–Trinajstić information content (AvgIpc) is 2.84. The molecule has 31 heavy (non-hydrogen) atoms. The maximum atomic E-state index is 6.03. The SMILES string of the molecule is CCc1cccc2c1OCCN2c1ncc(Oc2cccc(N3CCOCC3)c2)cn1. The Morgan fingerprint density at radius 3 is 2.55 bits per heavy atom. The van der Waals surface area contributed by atoms with Crippen LogP contribution in [0.15, 0.2) is 54.9 Å². The lowest BCUT2D eigenvalue weighted by Crippen LogP contribution is -2.36. The second kappa shape index (κ2) is 8.81. The zero-order valence-corrected chi connectivity index (χ0v) is 17.7. The molecular formula is C24H26N4O3. The van der Waals surface area contributed by atoms with Gasteiger partial charge in [0, 0.05) is 24.8 Å². The minimum atomic E-state index is 0.610. The van der Waals surface area contributed by atoms with Crippen molar-refractivity contribution in [1.29, 1.82) is 0 Å². The maximum absolute atomic E-state index is 6.03. The van der Waals surface area contributed by atoms with Crippen LogP contribution < -0.4 is 19.3 Å². The molecule has 0 bridgehead atoms. The normalized spacial score (nSPS) is 15.9. The van der Waals surface area contributed by atoms with Crippen LogP contribution in [0.4, 0.5) is 17.3 Å². The number of anilines is 3. The molecule has 1 saturated heterocycles. The van der Waals surface area contributed by atoms with Gasteiger partial charge in [0.15, 0.2) is 5.75 Å². The number of nitrogens with zero attached hydrogens (tertiary/aromatic N) is 4. The molecule has 0 N–H and O–H groups in total. The quantitative estimate of drug-likeness (QED) is 0.615. The van der Waals surface area contributed by atoms with Gasteiger partial charge in [0.25, 0.3) is 0 Å². The summed E-state index contributed by atoms with van der Waals surface area (Å²) < 4.78 is 17.4. The van der Waals surface area contributed by atoms with Gasteiger partial charge >= 0.3 is 0 Å². The topological polar surface area (TPSA) is 60.0 Å². The number of morpholine rings is 1. The molecule has 0 spiro atoms. The van der Waals surface area contributed by atoms with E-state index >= 15 is 0 Å². The highest BCUT2D eigenvalue weighted by Crippen LogP contribution is 2.38. The Morgan fingerprint density at radius 2 is 1.74 bits per heavy atom. The molecule has 2 aliphatic rings. The van der Waals surface area contributed by atoms with Crippen molar-refractivity contribution < 1.29 is 14.2 Å². The van der Waals surface area contributed by atoms with Crippen LogP contribution in [-0.2, 0) is 11.2 Å². The summed E-state index contributed by atoms with van der Waals surface area (Å²) in [5.41, 5.74) is 3.34. The molecule has 0 aliphatic carbocycles.